The molecule has 0 rings (SSSR count). The summed E-state index contributed by atoms with van der Waals surface area (Å²) in [4.78, 5) is 20.8. The molecule has 92 valence electrons. The number of hydrogen-bond acceptors (Lipinski definition) is 4. The molecule has 0 aliphatic carbocycles. The Morgan fingerprint density at radius 1 is 0.733 bits per heavy atom. The quantitative estimate of drug-likeness (QED) is 0.556. The zero-order chi connectivity index (χ0) is 11.8. The number of rotatable bonds is 4. The molecule has 7 heteroatoms. The molecule has 0 atom stereocenters. The van der Waals surface area contributed by atoms with E-state index in [9.17, 15) is 18.9 Å². The van der Waals surface area contributed by atoms with Crippen molar-refractivity contribution in [3.8, 4) is 0 Å². The Bertz CT molecular complexity index is 193. The van der Waals surface area contributed by atoms with E-state index in [0.29, 0.717) is 24.6 Å². The first kappa shape index (κ1) is 21.2. The Labute approximate surface area is 104 Å². The monoisotopic (exact) mass is 318 g/mol. The van der Waals surface area contributed by atoms with Crippen LogP contribution >= 0.6 is 14.7 Å². The molecule has 0 aromatic heterocycles. The maximum atomic E-state index is 10.4. The fourth-order valence-electron chi connectivity index (χ4n) is 0.447. The first-order valence-electron chi connectivity index (χ1n) is 4.82. The van der Waals surface area contributed by atoms with Crippen LogP contribution in [-0.4, -0.2) is 42.2 Å². The molecule has 0 bridgehead atoms. The average molecular weight is 317 g/mol. The van der Waals surface area contributed by atoms with Gasteiger partial charge in [0.05, 0.1) is 0 Å². The average Bonchev–Trinajstić information content (AvgIpc) is 2.19. The minimum atomic E-state index is -2.90. The molecule has 0 radical (unpaired) electrons. The van der Waals surface area contributed by atoms with Gasteiger partial charge in [-0.2, -0.15) is 0 Å². The van der Waals surface area contributed by atoms with Gasteiger partial charge in [0.2, 0.25) is 0 Å². The van der Waals surface area contributed by atoms with Crippen LogP contribution in [0, 0.1) is 0 Å². The maximum absolute atomic E-state index is 10.4. The summed E-state index contributed by atoms with van der Waals surface area (Å²) in [6.45, 7) is 6.66. The molecule has 0 aromatic rings. The normalized spacial score (nSPS) is 11.1. The van der Waals surface area contributed by atoms with E-state index < -0.39 is 14.7 Å². The summed E-state index contributed by atoms with van der Waals surface area (Å²) in [5, 5.41) is 0. The molecule has 0 aromatic carbocycles. The summed E-state index contributed by atoms with van der Waals surface area (Å²) < 4.78 is 20.8. The van der Waals surface area contributed by atoms with Crippen molar-refractivity contribution in [2.75, 3.05) is 24.6 Å². The third kappa shape index (κ3) is 14.9. The SMILES string of the molecule is CCP(=O)([O-])CC.CCP(=O)([O-])CC.[GeH2+2]. The van der Waals surface area contributed by atoms with Crippen molar-refractivity contribution in [3.63, 3.8) is 0 Å². The van der Waals surface area contributed by atoms with Crippen molar-refractivity contribution in [1.29, 1.82) is 0 Å². The standard InChI is InChI=1S/2C4H11O2P.GeH2/c2*1-3-7(5,6)4-2;/h2*3-4H2,1-2H3,(H,5,6);1H2/q;;+2/p-2. The van der Waals surface area contributed by atoms with Gasteiger partial charge < -0.3 is 18.9 Å². The van der Waals surface area contributed by atoms with Gasteiger partial charge >= 0.3 is 17.6 Å². The van der Waals surface area contributed by atoms with Crippen molar-refractivity contribution < 1.29 is 18.9 Å². The predicted octanol–water partition coefficient (Wildman–Crippen LogP) is 0.413. The molecule has 0 N–H and O–H groups in total. The molecule has 0 amide bonds. The molecule has 0 saturated carbocycles. The fraction of sp³-hybridized carbons (Fsp3) is 1.00. The van der Waals surface area contributed by atoms with E-state index in [1.807, 2.05) is 0 Å². The van der Waals surface area contributed by atoms with E-state index in [0.717, 1.165) is 0 Å². The molecular formula is C8H22GeO4P2. The first-order chi connectivity index (χ1) is 6.24. The zero-order valence-electron chi connectivity index (χ0n) is 10.1. The van der Waals surface area contributed by atoms with Gasteiger partial charge in [-0.05, 0) is 24.6 Å². The molecule has 0 aliphatic heterocycles. The van der Waals surface area contributed by atoms with Gasteiger partial charge in [0.1, 0.15) is 0 Å². The minimum absolute atomic E-state index is 0. The van der Waals surface area contributed by atoms with Crippen LogP contribution in [-0.2, 0) is 9.13 Å². The predicted molar refractivity (Wildman–Crippen MR) is 65.9 cm³/mol. The Morgan fingerprint density at radius 2 is 0.867 bits per heavy atom. The molecule has 15 heavy (non-hydrogen) atoms. The van der Waals surface area contributed by atoms with Crippen LogP contribution in [0.25, 0.3) is 0 Å². The third-order valence-corrected chi connectivity index (χ3v) is 5.78. The molecule has 0 fully saturated rings. The van der Waals surface area contributed by atoms with Gasteiger partial charge in [-0.1, -0.05) is 27.7 Å². The van der Waals surface area contributed by atoms with Crippen LogP contribution in [0.1, 0.15) is 27.7 Å². The molecule has 0 saturated heterocycles. The summed E-state index contributed by atoms with van der Waals surface area (Å²) in [5.41, 5.74) is 0. The Balaban J connectivity index is -0.000000180. The van der Waals surface area contributed by atoms with Crippen molar-refractivity contribution in [3.05, 3.63) is 0 Å². The van der Waals surface area contributed by atoms with Crippen LogP contribution in [0.15, 0.2) is 0 Å². The Hall–Kier alpha value is 0.923. The van der Waals surface area contributed by atoms with Gasteiger partial charge in [-0.3, -0.25) is 0 Å². The van der Waals surface area contributed by atoms with Crippen LogP contribution in [0.3, 0.4) is 0 Å². The number of hydrogen-bond donors (Lipinski definition) is 0. The fourth-order valence-corrected chi connectivity index (χ4v) is 1.34. The van der Waals surface area contributed by atoms with Crippen LogP contribution in [0.2, 0.25) is 0 Å². The van der Waals surface area contributed by atoms with Crippen molar-refractivity contribution in [2.45, 2.75) is 27.7 Å². The van der Waals surface area contributed by atoms with Gasteiger partial charge in [-0.15, -0.1) is 0 Å². The zero-order valence-corrected chi connectivity index (χ0v) is 14.8. The van der Waals surface area contributed by atoms with E-state index >= 15 is 0 Å². The molecule has 0 heterocycles. The van der Waals surface area contributed by atoms with Crippen molar-refractivity contribution in [1.82, 2.24) is 0 Å². The summed E-state index contributed by atoms with van der Waals surface area (Å²) in [6, 6.07) is 0. The van der Waals surface area contributed by atoms with Crippen molar-refractivity contribution >= 4 is 32.3 Å². The molecule has 0 aliphatic rings. The van der Waals surface area contributed by atoms with Crippen molar-refractivity contribution in [2.24, 2.45) is 0 Å². The van der Waals surface area contributed by atoms with Gasteiger partial charge in [0.15, 0.2) is 0 Å². The van der Waals surface area contributed by atoms with Gasteiger partial charge in [0.25, 0.3) is 0 Å². The second kappa shape index (κ2) is 10.1. The third-order valence-electron chi connectivity index (χ3n) is 1.93. The van der Waals surface area contributed by atoms with Gasteiger partial charge in [0, 0.05) is 14.7 Å². The molecular weight excluding hydrogens is 295 g/mol. The van der Waals surface area contributed by atoms with E-state index in [1.54, 1.807) is 27.7 Å². The summed E-state index contributed by atoms with van der Waals surface area (Å²) in [6.07, 6.45) is 1.18. The second-order valence-corrected chi connectivity index (χ2v) is 8.68. The van der Waals surface area contributed by atoms with Crippen LogP contribution < -0.4 is 9.79 Å². The summed E-state index contributed by atoms with van der Waals surface area (Å²) in [7, 11) is -5.81. The molecule has 0 unspecified atom stereocenters. The Kier molecular flexibility index (Phi) is 14.3. The van der Waals surface area contributed by atoms with E-state index in [2.05, 4.69) is 0 Å². The van der Waals surface area contributed by atoms with Crippen LogP contribution in [0.5, 0.6) is 0 Å². The van der Waals surface area contributed by atoms with Gasteiger partial charge in [-0.25, -0.2) is 0 Å². The van der Waals surface area contributed by atoms with E-state index in [1.165, 1.54) is 0 Å². The van der Waals surface area contributed by atoms with E-state index in [-0.39, 0.29) is 17.6 Å². The molecule has 0 spiro atoms. The summed E-state index contributed by atoms with van der Waals surface area (Å²) in [5.74, 6) is 0. The first-order valence-corrected chi connectivity index (χ1v) is 8.81. The molecule has 4 nitrogen and oxygen atoms in total. The second-order valence-electron chi connectivity index (χ2n) is 2.89. The summed E-state index contributed by atoms with van der Waals surface area (Å²) >= 11 is 0. The van der Waals surface area contributed by atoms with Crippen LogP contribution in [0.4, 0.5) is 0 Å². The van der Waals surface area contributed by atoms with E-state index in [4.69, 9.17) is 0 Å². The Morgan fingerprint density at radius 3 is 0.867 bits per heavy atom. The topological polar surface area (TPSA) is 80.3 Å².